The molecule has 3 heteroatoms. The van der Waals surface area contributed by atoms with Crippen molar-refractivity contribution in [2.24, 2.45) is 0 Å². The minimum atomic E-state index is -0.296. The standard InChI is InChI=1S/C15H22FNO/c1-4-17-9-5-6-12(2)10-13-7-8-15(18-3)14(16)11-13/h6-8,11,17H,4-5,9-10H2,1-3H3. The fraction of sp³-hybridized carbons (Fsp3) is 0.467. The van der Waals surface area contributed by atoms with Crippen molar-refractivity contribution in [1.29, 1.82) is 0 Å². The van der Waals surface area contributed by atoms with Crippen LogP contribution >= 0.6 is 0 Å². The molecule has 1 aromatic rings. The predicted octanol–water partition coefficient (Wildman–Crippen LogP) is 3.32. The lowest BCUT2D eigenvalue weighted by molar-refractivity contribution is 0.386. The van der Waals surface area contributed by atoms with Crippen LogP contribution in [0.2, 0.25) is 0 Å². The Hall–Kier alpha value is -1.35. The second kappa shape index (κ2) is 7.88. The molecule has 2 nitrogen and oxygen atoms in total. The molecule has 1 aromatic carbocycles. The second-order valence-electron chi connectivity index (χ2n) is 4.34. The zero-order chi connectivity index (χ0) is 13.4. The average molecular weight is 251 g/mol. The lowest BCUT2D eigenvalue weighted by Crippen LogP contribution is -2.13. The fourth-order valence-electron chi connectivity index (χ4n) is 1.81. The van der Waals surface area contributed by atoms with Gasteiger partial charge in [-0.2, -0.15) is 0 Å². The molecule has 1 rings (SSSR count). The van der Waals surface area contributed by atoms with Gasteiger partial charge in [0.05, 0.1) is 7.11 Å². The molecule has 0 aliphatic carbocycles. The third-order valence-electron chi connectivity index (χ3n) is 2.76. The fourth-order valence-corrected chi connectivity index (χ4v) is 1.81. The highest BCUT2D eigenvalue weighted by molar-refractivity contribution is 5.31. The van der Waals surface area contributed by atoms with Crippen LogP contribution in [-0.2, 0) is 6.42 Å². The highest BCUT2D eigenvalue weighted by Gasteiger charge is 2.03. The van der Waals surface area contributed by atoms with Gasteiger partial charge in [0.25, 0.3) is 0 Å². The molecule has 0 aliphatic rings. The van der Waals surface area contributed by atoms with Crippen molar-refractivity contribution >= 4 is 0 Å². The third kappa shape index (κ3) is 4.88. The topological polar surface area (TPSA) is 21.3 Å². The van der Waals surface area contributed by atoms with Crippen LogP contribution in [0.5, 0.6) is 5.75 Å². The van der Waals surface area contributed by atoms with E-state index in [9.17, 15) is 4.39 Å². The predicted molar refractivity (Wildman–Crippen MR) is 73.6 cm³/mol. The minimum Gasteiger partial charge on any atom is -0.494 e. The van der Waals surface area contributed by atoms with Crippen LogP contribution < -0.4 is 10.1 Å². The molecule has 0 bridgehead atoms. The molecule has 0 aromatic heterocycles. The molecule has 0 heterocycles. The summed E-state index contributed by atoms with van der Waals surface area (Å²) in [6.45, 7) is 6.16. The van der Waals surface area contributed by atoms with Gasteiger partial charge in [0.2, 0.25) is 0 Å². The Bertz CT molecular complexity index is 401. The van der Waals surface area contributed by atoms with E-state index in [2.05, 4.69) is 25.2 Å². The van der Waals surface area contributed by atoms with Crippen LogP contribution in [0.1, 0.15) is 25.8 Å². The van der Waals surface area contributed by atoms with E-state index in [1.807, 2.05) is 6.07 Å². The van der Waals surface area contributed by atoms with Crippen molar-refractivity contribution in [2.75, 3.05) is 20.2 Å². The van der Waals surface area contributed by atoms with E-state index in [1.165, 1.54) is 12.7 Å². The molecule has 18 heavy (non-hydrogen) atoms. The molecule has 0 fully saturated rings. The van der Waals surface area contributed by atoms with Crippen LogP contribution in [0.25, 0.3) is 0 Å². The van der Waals surface area contributed by atoms with E-state index in [-0.39, 0.29) is 5.82 Å². The number of nitrogens with one attached hydrogen (secondary N) is 1. The number of allylic oxidation sites excluding steroid dienone is 1. The second-order valence-corrected chi connectivity index (χ2v) is 4.34. The Labute approximate surface area is 109 Å². The Morgan fingerprint density at radius 3 is 2.83 bits per heavy atom. The van der Waals surface area contributed by atoms with Gasteiger partial charge in [-0.25, -0.2) is 4.39 Å². The lowest BCUT2D eigenvalue weighted by atomic mass is 10.1. The normalized spacial score (nSPS) is 11.7. The molecular weight excluding hydrogens is 229 g/mol. The van der Waals surface area contributed by atoms with Crippen LogP contribution in [0, 0.1) is 5.82 Å². The Morgan fingerprint density at radius 1 is 1.44 bits per heavy atom. The van der Waals surface area contributed by atoms with Gasteiger partial charge in [0, 0.05) is 0 Å². The molecule has 0 unspecified atom stereocenters. The summed E-state index contributed by atoms with van der Waals surface area (Å²) in [6.07, 6.45) is 4.00. The summed E-state index contributed by atoms with van der Waals surface area (Å²) in [5.41, 5.74) is 2.24. The Kier molecular flexibility index (Phi) is 6.44. The van der Waals surface area contributed by atoms with Crippen LogP contribution in [0.4, 0.5) is 4.39 Å². The first kappa shape index (κ1) is 14.7. The van der Waals surface area contributed by atoms with Crippen molar-refractivity contribution in [1.82, 2.24) is 5.32 Å². The Balaban J connectivity index is 2.53. The highest BCUT2D eigenvalue weighted by Crippen LogP contribution is 2.19. The van der Waals surface area contributed by atoms with Crippen molar-refractivity contribution in [3.05, 3.63) is 41.2 Å². The highest BCUT2D eigenvalue weighted by atomic mass is 19.1. The number of rotatable bonds is 7. The summed E-state index contributed by atoms with van der Waals surface area (Å²) >= 11 is 0. The molecule has 0 saturated heterocycles. The third-order valence-corrected chi connectivity index (χ3v) is 2.76. The van der Waals surface area contributed by atoms with Crippen molar-refractivity contribution in [2.45, 2.75) is 26.7 Å². The summed E-state index contributed by atoms with van der Waals surface area (Å²) < 4.78 is 18.4. The maximum absolute atomic E-state index is 13.5. The van der Waals surface area contributed by atoms with Crippen molar-refractivity contribution in [3.63, 3.8) is 0 Å². The average Bonchev–Trinajstić information content (AvgIpc) is 2.35. The number of methoxy groups -OCH3 is 1. The van der Waals surface area contributed by atoms with E-state index >= 15 is 0 Å². The van der Waals surface area contributed by atoms with Gasteiger partial charge in [0.15, 0.2) is 11.6 Å². The molecule has 0 aliphatic heterocycles. The van der Waals surface area contributed by atoms with Gasteiger partial charge in [-0.3, -0.25) is 0 Å². The number of hydrogen-bond acceptors (Lipinski definition) is 2. The number of benzene rings is 1. The number of ether oxygens (including phenoxy) is 1. The quantitative estimate of drug-likeness (QED) is 0.593. The number of halogens is 1. The van der Waals surface area contributed by atoms with E-state index in [0.717, 1.165) is 31.5 Å². The number of hydrogen-bond donors (Lipinski definition) is 1. The van der Waals surface area contributed by atoms with Gasteiger partial charge in [0.1, 0.15) is 0 Å². The first-order valence-corrected chi connectivity index (χ1v) is 6.36. The molecular formula is C15H22FNO. The Morgan fingerprint density at radius 2 is 2.22 bits per heavy atom. The molecule has 1 N–H and O–H groups in total. The van der Waals surface area contributed by atoms with E-state index in [0.29, 0.717) is 5.75 Å². The minimum absolute atomic E-state index is 0.296. The first-order chi connectivity index (χ1) is 8.67. The first-order valence-electron chi connectivity index (χ1n) is 6.36. The molecule has 100 valence electrons. The zero-order valence-electron chi connectivity index (χ0n) is 11.4. The van der Waals surface area contributed by atoms with Crippen molar-refractivity contribution in [3.8, 4) is 5.75 Å². The SMILES string of the molecule is CCNCCC=C(C)Cc1ccc(OC)c(F)c1. The molecule has 0 amide bonds. The van der Waals surface area contributed by atoms with Gasteiger partial charge in [-0.1, -0.05) is 24.6 Å². The summed E-state index contributed by atoms with van der Waals surface area (Å²) in [7, 11) is 1.48. The van der Waals surface area contributed by atoms with Crippen LogP contribution in [0.15, 0.2) is 29.8 Å². The molecule has 0 radical (unpaired) electrons. The van der Waals surface area contributed by atoms with E-state index in [1.54, 1.807) is 12.1 Å². The molecule has 0 saturated carbocycles. The smallest absolute Gasteiger partial charge is 0.165 e. The van der Waals surface area contributed by atoms with Crippen LogP contribution in [0.3, 0.4) is 0 Å². The maximum Gasteiger partial charge on any atom is 0.165 e. The van der Waals surface area contributed by atoms with Gasteiger partial charge in [-0.15, -0.1) is 0 Å². The summed E-state index contributed by atoms with van der Waals surface area (Å²) in [6, 6.07) is 5.13. The van der Waals surface area contributed by atoms with Gasteiger partial charge < -0.3 is 10.1 Å². The summed E-state index contributed by atoms with van der Waals surface area (Å²) in [4.78, 5) is 0. The van der Waals surface area contributed by atoms with Crippen LogP contribution in [-0.4, -0.2) is 20.2 Å². The van der Waals surface area contributed by atoms with E-state index in [4.69, 9.17) is 4.74 Å². The zero-order valence-corrected chi connectivity index (χ0v) is 11.4. The van der Waals surface area contributed by atoms with Gasteiger partial charge in [-0.05, 0) is 50.6 Å². The van der Waals surface area contributed by atoms with Gasteiger partial charge >= 0.3 is 0 Å². The summed E-state index contributed by atoms with van der Waals surface area (Å²) in [5.74, 6) is 0.00276. The molecule has 0 atom stereocenters. The lowest BCUT2D eigenvalue weighted by Gasteiger charge is -2.06. The van der Waals surface area contributed by atoms with Crippen molar-refractivity contribution < 1.29 is 9.13 Å². The van der Waals surface area contributed by atoms with E-state index < -0.39 is 0 Å². The monoisotopic (exact) mass is 251 g/mol. The summed E-state index contributed by atoms with van der Waals surface area (Å²) in [5, 5.41) is 3.27. The largest absolute Gasteiger partial charge is 0.494 e. The maximum atomic E-state index is 13.5. The molecule has 0 spiro atoms.